The number of fused-ring (bicyclic) bond motifs is 1. The van der Waals surface area contributed by atoms with Crippen LogP contribution in [0.3, 0.4) is 0 Å². The Morgan fingerprint density at radius 2 is 1.93 bits per heavy atom. The zero-order chi connectivity index (χ0) is 19.7. The quantitative estimate of drug-likeness (QED) is 0.768. The highest BCUT2D eigenvalue weighted by Gasteiger charge is 2.22. The van der Waals surface area contributed by atoms with Gasteiger partial charge in [-0.15, -0.1) is 0 Å². The number of ether oxygens (including phenoxy) is 1. The van der Waals surface area contributed by atoms with Crippen LogP contribution in [-0.2, 0) is 16.4 Å². The predicted molar refractivity (Wildman–Crippen MR) is 109 cm³/mol. The highest BCUT2D eigenvalue weighted by atomic mass is 32.2. The van der Waals surface area contributed by atoms with Crippen molar-refractivity contribution in [1.82, 2.24) is 0 Å². The summed E-state index contributed by atoms with van der Waals surface area (Å²) in [5.74, 6) is 1.51. The fraction of sp³-hybridized carbons (Fsp3) is 0.316. The minimum Gasteiger partial charge on any atom is -0.493 e. The molecular formula is C19H20N2O5S2. The van der Waals surface area contributed by atoms with Crippen molar-refractivity contribution in [2.45, 2.75) is 11.3 Å². The van der Waals surface area contributed by atoms with Gasteiger partial charge in [0, 0.05) is 36.7 Å². The van der Waals surface area contributed by atoms with E-state index >= 15 is 0 Å². The van der Waals surface area contributed by atoms with Crippen molar-refractivity contribution in [1.29, 1.82) is 0 Å². The van der Waals surface area contributed by atoms with Gasteiger partial charge in [0.25, 0.3) is 10.0 Å². The van der Waals surface area contributed by atoms with Gasteiger partial charge in [-0.05, 0) is 42.0 Å². The fourth-order valence-corrected chi connectivity index (χ4v) is 5.40. The van der Waals surface area contributed by atoms with Crippen molar-refractivity contribution in [3.8, 4) is 5.75 Å². The van der Waals surface area contributed by atoms with Gasteiger partial charge in [0.15, 0.2) is 0 Å². The molecule has 0 saturated carbocycles. The van der Waals surface area contributed by atoms with E-state index in [1.165, 1.54) is 12.1 Å². The van der Waals surface area contributed by atoms with E-state index in [9.17, 15) is 18.3 Å². The van der Waals surface area contributed by atoms with Crippen LogP contribution in [0, 0.1) is 0 Å². The lowest BCUT2D eigenvalue weighted by atomic mass is 10.1. The molecule has 2 heterocycles. The lowest BCUT2D eigenvalue weighted by molar-refractivity contribution is 0.0697. The van der Waals surface area contributed by atoms with Crippen LogP contribution < -0.4 is 14.4 Å². The van der Waals surface area contributed by atoms with Crippen molar-refractivity contribution in [2.75, 3.05) is 40.8 Å². The second-order valence-corrected chi connectivity index (χ2v) is 9.52. The van der Waals surface area contributed by atoms with Crippen LogP contribution >= 0.6 is 11.8 Å². The minimum atomic E-state index is -3.83. The maximum absolute atomic E-state index is 12.8. The van der Waals surface area contributed by atoms with Crippen molar-refractivity contribution in [3.05, 3.63) is 47.5 Å². The zero-order valence-corrected chi connectivity index (χ0v) is 16.7. The van der Waals surface area contributed by atoms with Gasteiger partial charge >= 0.3 is 5.97 Å². The van der Waals surface area contributed by atoms with Crippen LogP contribution in [0.15, 0.2) is 41.3 Å². The molecule has 2 aromatic rings. The highest BCUT2D eigenvalue weighted by Crippen LogP contribution is 2.30. The average molecular weight is 421 g/mol. The van der Waals surface area contributed by atoms with Gasteiger partial charge in [-0.1, -0.05) is 0 Å². The van der Waals surface area contributed by atoms with Crippen LogP contribution in [0.4, 0.5) is 11.4 Å². The Balaban J connectivity index is 1.62. The summed E-state index contributed by atoms with van der Waals surface area (Å²) in [5.41, 5.74) is 1.79. The second-order valence-electron chi connectivity index (χ2n) is 6.61. The number of anilines is 2. The van der Waals surface area contributed by atoms with Crippen molar-refractivity contribution >= 4 is 39.1 Å². The molecule has 1 saturated heterocycles. The van der Waals surface area contributed by atoms with Gasteiger partial charge < -0.3 is 14.7 Å². The number of hydrogen-bond donors (Lipinski definition) is 2. The number of rotatable bonds is 5. The maximum Gasteiger partial charge on any atom is 0.337 e. The zero-order valence-electron chi connectivity index (χ0n) is 15.1. The molecule has 0 spiro atoms. The van der Waals surface area contributed by atoms with Gasteiger partial charge in [-0.3, -0.25) is 4.72 Å². The molecule has 1 fully saturated rings. The van der Waals surface area contributed by atoms with Crippen LogP contribution in [0.2, 0.25) is 0 Å². The van der Waals surface area contributed by atoms with E-state index in [1.807, 2.05) is 16.7 Å². The first-order valence-corrected chi connectivity index (χ1v) is 11.6. The molecular weight excluding hydrogens is 400 g/mol. The highest BCUT2D eigenvalue weighted by molar-refractivity contribution is 7.99. The van der Waals surface area contributed by atoms with Gasteiger partial charge in [0.2, 0.25) is 0 Å². The third-order valence-corrected chi connectivity index (χ3v) is 7.12. The third-order valence-electron chi connectivity index (χ3n) is 4.80. The summed E-state index contributed by atoms with van der Waals surface area (Å²) in [6.07, 6.45) is 0.671. The normalized spacial score (nSPS) is 16.4. The number of carbonyl (C=O) groups is 1. The van der Waals surface area contributed by atoms with Crippen LogP contribution in [0.25, 0.3) is 0 Å². The first kappa shape index (κ1) is 18.9. The molecule has 0 aromatic heterocycles. The molecule has 9 heteroatoms. The van der Waals surface area contributed by atoms with Gasteiger partial charge in [-0.25, -0.2) is 13.2 Å². The molecule has 0 unspecified atom stereocenters. The van der Waals surface area contributed by atoms with Crippen molar-refractivity contribution in [3.63, 3.8) is 0 Å². The molecule has 0 bridgehead atoms. The second kappa shape index (κ2) is 7.56. The molecule has 0 atom stereocenters. The number of aromatic carboxylic acids is 1. The Hall–Kier alpha value is -2.39. The summed E-state index contributed by atoms with van der Waals surface area (Å²) in [5, 5.41) is 9.62. The molecule has 0 aliphatic carbocycles. The predicted octanol–water partition coefficient (Wildman–Crippen LogP) is 2.67. The average Bonchev–Trinajstić information content (AvgIpc) is 3.16. The van der Waals surface area contributed by atoms with E-state index < -0.39 is 16.0 Å². The number of hydrogen-bond acceptors (Lipinski definition) is 6. The minimum absolute atomic E-state index is 0.0921. The number of carboxylic acids is 1. The monoisotopic (exact) mass is 420 g/mol. The maximum atomic E-state index is 12.8. The number of thioether (sulfide) groups is 1. The molecule has 28 heavy (non-hydrogen) atoms. The van der Waals surface area contributed by atoms with Crippen LogP contribution in [0.1, 0.15) is 15.9 Å². The summed E-state index contributed by atoms with van der Waals surface area (Å²) in [6.45, 7) is 2.09. The van der Waals surface area contributed by atoms with E-state index in [4.69, 9.17) is 4.74 Å². The Bertz CT molecular complexity index is 1020. The first-order valence-electron chi connectivity index (χ1n) is 8.93. The van der Waals surface area contributed by atoms with E-state index in [0.29, 0.717) is 24.5 Å². The molecule has 2 aromatic carbocycles. The Morgan fingerprint density at radius 1 is 1.14 bits per heavy atom. The number of carboxylic acid groups (broad SMARTS) is 1. The fourth-order valence-electron chi connectivity index (χ4n) is 3.40. The summed E-state index contributed by atoms with van der Waals surface area (Å²) in [6, 6.07) is 9.41. The molecule has 148 valence electrons. The summed E-state index contributed by atoms with van der Waals surface area (Å²) < 4.78 is 33.4. The Labute approximate surface area is 167 Å². The third kappa shape index (κ3) is 3.77. The summed E-state index contributed by atoms with van der Waals surface area (Å²) in [4.78, 5) is 13.9. The number of nitrogens with one attached hydrogen (secondary N) is 1. The first-order chi connectivity index (χ1) is 13.4. The Kier molecular flexibility index (Phi) is 5.11. The molecule has 2 aliphatic rings. The Morgan fingerprint density at radius 3 is 2.68 bits per heavy atom. The molecule has 0 amide bonds. The lowest BCUT2D eigenvalue weighted by Crippen LogP contribution is -2.33. The number of nitrogens with zero attached hydrogens (tertiary/aromatic N) is 1. The van der Waals surface area contributed by atoms with E-state index in [-0.39, 0.29) is 16.1 Å². The van der Waals surface area contributed by atoms with Crippen molar-refractivity contribution in [2.24, 2.45) is 0 Å². The number of sulfonamides is 1. The molecule has 7 nitrogen and oxygen atoms in total. The van der Waals surface area contributed by atoms with E-state index in [1.54, 1.807) is 24.3 Å². The molecule has 2 N–H and O–H groups in total. The standard InChI is InChI=1S/C19H20N2O5S2/c22-19(23)16-12-14(1-3-17(16)21-6-9-27-10-7-21)20-28(24,25)15-2-4-18-13(11-15)5-8-26-18/h1-4,11-12,20H,5-10H2,(H,22,23). The van der Waals surface area contributed by atoms with Crippen LogP contribution in [0.5, 0.6) is 5.75 Å². The molecule has 0 radical (unpaired) electrons. The van der Waals surface area contributed by atoms with Gasteiger partial charge in [0.1, 0.15) is 5.75 Å². The van der Waals surface area contributed by atoms with E-state index in [0.717, 1.165) is 30.2 Å². The van der Waals surface area contributed by atoms with E-state index in [2.05, 4.69) is 4.72 Å². The smallest absolute Gasteiger partial charge is 0.337 e. The largest absolute Gasteiger partial charge is 0.493 e. The number of benzene rings is 2. The molecule has 4 rings (SSSR count). The van der Waals surface area contributed by atoms with Gasteiger partial charge in [-0.2, -0.15) is 11.8 Å². The van der Waals surface area contributed by atoms with Gasteiger partial charge in [0.05, 0.1) is 22.8 Å². The summed E-state index contributed by atoms with van der Waals surface area (Å²) >= 11 is 1.83. The topological polar surface area (TPSA) is 95.9 Å². The van der Waals surface area contributed by atoms with Crippen LogP contribution in [-0.4, -0.2) is 50.7 Å². The SMILES string of the molecule is O=C(O)c1cc(NS(=O)(=O)c2ccc3c(c2)CCO3)ccc1N1CCSCC1. The lowest BCUT2D eigenvalue weighted by Gasteiger charge is -2.29. The molecule has 2 aliphatic heterocycles. The summed E-state index contributed by atoms with van der Waals surface area (Å²) in [7, 11) is -3.83. The van der Waals surface area contributed by atoms with Crippen molar-refractivity contribution < 1.29 is 23.1 Å².